The van der Waals surface area contributed by atoms with Crippen LogP contribution < -0.4 is 5.73 Å². The van der Waals surface area contributed by atoms with E-state index >= 15 is 0 Å². The molecule has 0 spiro atoms. The number of amidine groups is 1. The van der Waals surface area contributed by atoms with Gasteiger partial charge in [0.15, 0.2) is 0 Å². The van der Waals surface area contributed by atoms with Crippen LogP contribution in [-0.2, 0) is 11.3 Å². The first-order chi connectivity index (χ1) is 9.04. The molecule has 102 valence electrons. The second kappa shape index (κ2) is 5.40. The van der Waals surface area contributed by atoms with Gasteiger partial charge in [-0.25, -0.2) is 4.79 Å². The number of aliphatic imine (C=N–C) groups is 1. The fourth-order valence-electron chi connectivity index (χ4n) is 2.30. The molecule has 0 aliphatic carbocycles. The van der Waals surface area contributed by atoms with Crippen molar-refractivity contribution in [1.29, 1.82) is 0 Å². The number of urea groups is 1. The minimum Gasteiger partial charge on any atom is -0.385 e. The summed E-state index contributed by atoms with van der Waals surface area (Å²) in [6.07, 6.45) is 0. The lowest BCUT2D eigenvalue weighted by Gasteiger charge is -2.28. The number of carbonyl (C=O) groups is 1. The lowest BCUT2D eigenvalue weighted by molar-refractivity contribution is 0.184. The Morgan fingerprint density at radius 2 is 2.00 bits per heavy atom. The Kier molecular flexibility index (Phi) is 3.85. The average Bonchev–Trinajstić information content (AvgIpc) is 2.66. The van der Waals surface area contributed by atoms with Crippen LogP contribution >= 0.6 is 0 Å². The van der Waals surface area contributed by atoms with Crippen LogP contribution in [0.2, 0.25) is 0 Å². The van der Waals surface area contributed by atoms with Crippen LogP contribution in [0.15, 0.2) is 29.3 Å². The van der Waals surface area contributed by atoms with Crippen molar-refractivity contribution in [2.45, 2.75) is 32.5 Å². The fourth-order valence-corrected chi connectivity index (χ4v) is 2.30. The van der Waals surface area contributed by atoms with Gasteiger partial charge in [-0.15, -0.1) is 0 Å². The number of ether oxygens (including phenoxy) is 1. The summed E-state index contributed by atoms with van der Waals surface area (Å²) in [7, 11) is 1.66. The van der Waals surface area contributed by atoms with Gasteiger partial charge in [0.25, 0.3) is 0 Å². The number of nitrogens with two attached hydrogens (primary N) is 1. The minimum atomic E-state index is -0.265. The van der Waals surface area contributed by atoms with Gasteiger partial charge in [-0.05, 0) is 25.0 Å². The molecule has 2 rings (SSSR count). The molecule has 0 saturated heterocycles. The van der Waals surface area contributed by atoms with Crippen molar-refractivity contribution in [2.75, 3.05) is 7.11 Å². The Morgan fingerprint density at radius 3 is 2.53 bits per heavy atom. The van der Waals surface area contributed by atoms with Crippen LogP contribution in [0.5, 0.6) is 0 Å². The Bertz CT molecular complexity index is 494. The maximum absolute atomic E-state index is 11.8. The predicted octanol–water partition coefficient (Wildman–Crippen LogP) is 2.08. The second-order valence-corrected chi connectivity index (χ2v) is 4.90. The number of hydrogen-bond donors (Lipinski definition) is 1. The van der Waals surface area contributed by atoms with Crippen molar-refractivity contribution in [3.05, 3.63) is 35.4 Å². The summed E-state index contributed by atoms with van der Waals surface area (Å²) in [5.74, 6) is 0.359. The van der Waals surface area contributed by atoms with Crippen molar-refractivity contribution >= 4 is 11.9 Å². The molecule has 5 heteroatoms. The van der Waals surface area contributed by atoms with E-state index in [9.17, 15) is 4.79 Å². The van der Waals surface area contributed by atoms with Crippen LogP contribution in [0.3, 0.4) is 0 Å². The number of hydrogen-bond acceptors (Lipinski definition) is 3. The number of amides is 2. The standard InChI is InChI=1S/C14H19N3O2/c1-9(2)17-12(13(15)16-14(17)18)11-6-4-10(5-7-11)8-19-3/h4-7,9,12H,8H2,1-3H3,(H2,15,16,18). The molecule has 2 N–H and O–H groups in total. The van der Waals surface area contributed by atoms with Gasteiger partial charge in [-0.2, -0.15) is 4.99 Å². The van der Waals surface area contributed by atoms with Crippen molar-refractivity contribution in [2.24, 2.45) is 10.7 Å². The fraction of sp³-hybridized carbons (Fsp3) is 0.429. The first-order valence-electron chi connectivity index (χ1n) is 6.28. The average molecular weight is 261 g/mol. The molecule has 1 aromatic carbocycles. The molecule has 0 fully saturated rings. The van der Waals surface area contributed by atoms with Crippen molar-refractivity contribution in [3.8, 4) is 0 Å². The maximum Gasteiger partial charge on any atom is 0.346 e. The van der Waals surface area contributed by atoms with E-state index in [4.69, 9.17) is 10.5 Å². The zero-order valence-corrected chi connectivity index (χ0v) is 11.5. The second-order valence-electron chi connectivity index (χ2n) is 4.90. The van der Waals surface area contributed by atoms with Gasteiger partial charge < -0.3 is 15.4 Å². The third-order valence-corrected chi connectivity index (χ3v) is 3.17. The van der Waals surface area contributed by atoms with Crippen LogP contribution in [0.4, 0.5) is 4.79 Å². The summed E-state index contributed by atoms with van der Waals surface area (Å²) >= 11 is 0. The SMILES string of the molecule is COCc1ccc(C2C(N)=NC(=O)N2C(C)C)cc1. The third-order valence-electron chi connectivity index (χ3n) is 3.17. The lowest BCUT2D eigenvalue weighted by atomic mass is 10.0. The minimum absolute atomic E-state index is 0.0564. The Morgan fingerprint density at radius 1 is 1.37 bits per heavy atom. The number of benzene rings is 1. The van der Waals surface area contributed by atoms with Gasteiger partial charge in [0.1, 0.15) is 11.9 Å². The number of carbonyl (C=O) groups excluding carboxylic acids is 1. The summed E-state index contributed by atoms with van der Waals surface area (Å²) < 4.78 is 5.08. The monoisotopic (exact) mass is 261 g/mol. The van der Waals surface area contributed by atoms with Gasteiger partial charge in [0.2, 0.25) is 0 Å². The molecule has 0 aromatic heterocycles. The molecule has 5 nitrogen and oxygen atoms in total. The summed E-state index contributed by atoms with van der Waals surface area (Å²) in [5, 5.41) is 0. The first-order valence-corrected chi connectivity index (χ1v) is 6.28. The zero-order chi connectivity index (χ0) is 14.0. The predicted molar refractivity (Wildman–Crippen MR) is 73.9 cm³/mol. The molecule has 19 heavy (non-hydrogen) atoms. The Labute approximate surface area is 113 Å². The number of methoxy groups -OCH3 is 1. The lowest BCUT2D eigenvalue weighted by Crippen LogP contribution is -2.38. The van der Waals surface area contributed by atoms with E-state index in [1.807, 2.05) is 38.1 Å². The molecule has 2 amide bonds. The Hall–Kier alpha value is -1.88. The highest BCUT2D eigenvalue weighted by Crippen LogP contribution is 2.29. The highest BCUT2D eigenvalue weighted by atomic mass is 16.5. The van der Waals surface area contributed by atoms with E-state index in [1.165, 1.54) is 0 Å². The summed E-state index contributed by atoms with van der Waals surface area (Å²) in [6.45, 7) is 4.48. The smallest absolute Gasteiger partial charge is 0.346 e. The highest BCUT2D eigenvalue weighted by molar-refractivity contribution is 6.03. The van der Waals surface area contributed by atoms with E-state index < -0.39 is 0 Å². The maximum atomic E-state index is 11.8. The molecule has 1 aliphatic heterocycles. The van der Waals surface area contributed by atoms with Gasteiger partial charge in [-0.1, -0.05) is 24.3 Å². The molecular formula is C14H19N3O2. The van der Waals surface area contributed by atoms with E-state index in [-0.39, 0.29) is 18.1 Å². The molecule has 1 atom stereocenters. The molecule has 1 heterocycles. The van der Waals surface area contributed by atoms with Gasteiger partial charge >= 0.3 is 6.03 Å². The van der Waals surface area contributed by atoms with E-state index in [2.05, 4.69) is 4.99 Å². The third kappa shape index (κ3) is 2.61. The van der Waals surface area contributed by atoms with Gasteiger partial charge in [0, 0.05) is 13.2 Å². The molecule has 0 saturated carbocycles. The van der Waals surface area contributed by atoms with E-state index in [0.29, 0.717) is 12.4 Å². The van der Waals surface area contributed by atoms with Crippen LogP contribution in [0.25, 0.3) is 0 Å². The van der Waals surface area contributed by atoms with Crippen LogP contribution in [0, 0.1) is 0 Å². The van der Waals surface area contributed by atoms with Gasteiger partial charge in [-0.3, -0.25) is 0 Å². The molecule has 1 unspecified atom stereocenters. The zero-order valence-electron chi connectivity index (χ0n) is 11.5. The topological polar surface area (TPSA) is 67.9 Å². The summed E-state index contributed by atoms with van der Waals surface area (Å²) in [6, 6.07) is 7.43. The van der Waals surface area contributed by atoms with Crippen molar-refractivity contribution in [1.82, 2.24) is 4.90 Å². The Balaban J connectivity index is 2.28. The van der Waals surface area contributed by atoms with E-state index in [1.54, 1.807) is 12.0 Å². The highest BCUT2D eigenvalue weighted by Gasteiger charge is 2.36. The first kappa shape index (κ1) is 13.5. The van der Waals surface area contributed by atoms with E-state index in [0.717, 1.165) is 11.1 Å². The summed E-state index contributed by atoms with van der Waals surface area (Å²) in [4.78, 5) is 17.4. The molecular weight excluding hydrogens is 242 g/mol. The summed E-state index contributed by atoms with van der Waals surface area (Å²) in [5.41, 5.74) is 7.95. The number of nitrogens with zero attached hydrogens (tertiary/aromatic N) is 2. The van der Waals surface area contributed by atoms with Crippen molar-refractivity contribution < 1.29 is 9.53 Å². The van der Waals surface area contributed by atoms with Crippen molar-refractivity contribution in [3.63, 3.8) is 0 Å². The van der Waals surface area contributed by atoms with Crippen LogP contribution in [-0.4, -0.2) is 29.9 Å². The van der Waals surface area contributed by atoms with Gasteiger partial charge in [0.05, 0.1) is 6.61 Å². The number of rotatable bonds is 4. The van der Waals surface area contributed by atoms with Crippen LogP contribution in [0.1, 0.15) is 31.0 Å². The molecule has 0 bridgehead atoms. The quantitative estimate of drug-likeness (QED) is 0.902. The molecule has 1 aromatic rings. The molecule has 0 radical (unpaired) electrons. The largest absolute Gasteiger partial charge is 0.385 e. The normalized spacial score (nSPS) is 19.2. The molecule has 1 aliphatic rings.